The predicted octanol–water partition coefficient (Wildman–Crippen LogP) is 1.24. The van der Waals surface area contributed by atoms with Gasteiger partial charge in [0.1, 0.15) is 5.54 Å². The third kappa shape index (κ3) is 3.14. The topological polar surface area (TPSA) is 58.4 Å². The van der Waals surface area contributed by atoms with E-state index in [9.17, 15) is 4.79 Å². The first-order valence-electron chi connectivity index (χ1n) is 6.77. The van der Waals surface area contributed by atoms with Gasteiger partial charge in [-0.15, -0.1) is 0 Å². The first-order valence-corrected chi connectivity index (χ1v) is 6.77. The predicted molar refractivity (Wildman–Crippen MR) is 76.4 cm³/mol. The number of nitrogens with zero attached hydrogens (tertiary/aromatic N) is 1. The highest BCUT2D eigenvalue weighted by Gasteiger charge is 2.35. The molecule has 0 saturated heterocycles. The fourth-order valence-electron chi connectivity index (χ4n) is 2.79. The van der Waals surface area contributed by atoms with Crippen LogP contribution in [0.3, 0.4) is 0 Å². The highest BCUT2D eigenvalue weighted by atomic mass is 16.1. The average molecular weight is 261 g/mol. The number of nitrogens with one attached hydrogen (secondary N) is 1. The number of primary amides is 1. The fraction of sp³-hybridized carbons (Fsp3) is 0.533. The Morgan fingerprint density at radius 1 is 1.37 bits per heavy atom. The van der Waals surface area contributed by atoms with Crippen LogP contribution in [0.2, 0.25) is 0 Å². The Kier molecular flexibility index (Phi) is 3.92. The minimum Gasteiger partial charge on any atom is -0.368 e. The Morgan fingerprint density at radius 3 is 2.32 bits per heavy atom. The molecule has 0 saturated carbocycles. The van der Waals surface area contributed by atoms with Crippen molar-refractivity contribution in [1.29, 1.82) is 0 Å². The lowest BCUT2D eigenvalue weighted by atomic mass is 9.99. The van der Waals surface area contributed by atoms with Crippen molar-refractivity contribution in [2.24, 2.45) is 5.73 Å². The van der Waals surface area contributed by atoms with Crippen molar-refractivity contribution >= 4 is 5.91 Å². The van der Waals surface area contributed by atoms with Crippen LogP contribution in [0.25, 0.3) is 0 Å². The molecule has 1 aromatic carbocycles. The maximum absolute atomic E-state index is 11.8. The number of carbonyl (C=O) groups is 1. The molecule has 1 aliphatic heterocycles. The summed E-state index contributed by atoms with van der Waals surface area (Å²) in [5, 5.41) is 3.29. The smallest absolute Gasteiger partial charge is 0.238 e. The van der Waals surface area contributed by atoms with Crippen molar-refractivity contribution in [3.8, 4) is 0 Å². The molecular formula is C15H23N3O. The Hall–Kier alpha value is -1.39. The molecule has 4 nitrogen and oxygen atoms in total. The number of hydrogen-bond donors (Lipinski definition) is 2. The van der Waals surface area contributed by atoms with Crippen molar-refractivity contribution in [3.63, 3.8) is 0 Å². The van der Waals surface area contributed by atoms with Gasteiger partial charge in [0.05, 0.1) is 0 Å². The third-order valence-electron chi connectivity index (χ3n) is 3.60. The number of rotatable bonds is 5. The summed E-state index contributed by atoms with van der Waals surface area (Å²) in [5.41, 5.74) is 7.58. The van der Waals surface area contributed by atoms with Crippen LogP contribution in [0.1, 0.15) is 31.9 Å². The van der Waals surface area contributed by atoms with Gasteiger partial charge in [0.2, 0.25) is 5.91 Å². The maximum atomic E-state index is 11.8. The molecule has 1 atom stereocenters. The largest absolute Gasteiger partial charge is 0.368 e. The molecule has 2 rings (SSSR count). The number of carbonyl (C=O) groups excluding carboxylic acids is 1. The van der Waals surface area contributed by atoms with E-state index in [1.54, 1.807) is 0 Å². The molecule has 0 aliphatic carbocycles. The van der Waals surface area contributed by atoms with E-state index < -0.39 is 5.54 Å². The number of nitrogens with two attached hydrogens (primary N) is 1. The fourth-order valence-corrected chi connectivity index (χ4v) is 2.79. The van der Waals surface area contributed by atoms with Crippen molar-refractivity contribution < 1.29 is 4.79 Å². The highest BCUT2D eigenvalue weighted by molar-refractivity contribution is 5.84. The van der Waals surface area contributed by atoms with Crippen LogP contribution in [0.4, 0.5) is 0 Å². The zero-order valence-corrected chi connectivity index (χ0v) is 11.9. The van der Waals surface area contributed by atoms with Crippen LogP contribution in [0, 0.1) is 0 Å². The van der Waals surface area contributed by atoms with Crippen molar-refractivity contribution in [1.82, 2.24) is 10.2 Å². The second-order valence-electron chi connectivity index (χ2n) is 5.91. The summed E-state index contributed by atoms with van der Waals surface area (Å²) in [5.74, 6) is -0.294. The molecule has 1 aliphatic rings. The minimum absolute atomic E-state index is 0.225. The van der Waals surface area contributed by atoms with Gasteiger partial charge < -0.3 is 11.1 Å². The molecule has 0 bridgehead atoms. The quantitative estimate of drug-likeness (QED) is 0.838. The van der Waals surface area contributed by atoms with E-state index in [0.29, 0.717) is 6.54 Å². The molecular weight excluding hydrogens is 238 g/mol. The van der Waals surface area contributed by atoms with Gasteiger partial charge in [0.25, 0.3) is 0 Å². The van der Waals surface area contributed by atoms with Crippen LogP contribution >= 0.6 is 0 Å². The van der Waals surface area contributed by atoms with E-state index in [1.807, 2.05) is 20.8 Å². The first-order chi connectivity index (χ1) is 8.90. The van der Waals surface area contributed by atoms with E-state index in [4.69, 9.17) is 5.73 Å². The molecule has 1 heterocycles. The monoisotopic (exact) mass is 261 g/mol. The van der Waals surface area contributed by atoms with Crippen molar-refractivity contribution in [2.45, 2.75) is 45.4 Å². The molecule has 0 spiro atoms. The zero-order valence-electron chi connectivity index (χ0n) is 11.9. The minimum atomic E-state index is -0.684. The molecule has 104 valence electrons. The maximum Gasteiger partial charge on any atom is 0.238 e. The lowest BCUT2D eigenvalue weighted by Gasteiger charge is -2.33. The Balaban J connectivity index is 2.07. The molecule has 0 fully saturated rings. The first kappa shape index (κ1) is 14.0. The number of fused-ring (bicyclic) bond motifs is 1. The number of amides is 1. The summed E-state index contributed by atoms with van der Waals surface area (Å²) in [6, 6.07) is 8.63. The average Bonchev–Trinajstić information content (AvgIpc) is 2.69. The summed E-state index contributed by atoms with van der Waals surface area (Å²) in [6.07, 6.45) is 0. The number of benzene rings is 1. The zero-order chi connectivity index (χ0) is 14.0. The normalized spacial score (nSPS) is 18.3. The van der Waals surface area contributed by atoms with Crippen LogP contribution in [0.15, 0.2) is 24.3 Å². The van der Waals surface area contributed by atoms with Gasteiger partial charge in [-0.05, 0) is 31.9 Å². The van der Waals surface area contributed by atoms with E-state index in [0.717, 1.165) is 13.1 Å². The van der Waals surface area contributed by atoms with Gasteiger partial charge in [-0.25, -0.2) is 0 Å². The molecule has 4 heteroatoms. The van der Waals surface area contributed by atoms with Gasteiger partial charge in [-0.1, -0.05) is 24.3 Å². The van der Waals surface area contributed by atoms with Crippen LogP contribution in [-0.2, 0) is 17.9 Å². The summed E-state index contributed by atoms with van der Waals surface area (Å²) < 4.78 is 0. The van der Waals surface area contributed by atoms with Gasteiger partial charge in [-0.2, -0.15) is 0 Å². The second-order valence-corrected chi connectivity index (χ2v) is 5.91. The summed E-state index contributed by atoms with van der Waals surface area (Å²) >= 11 is 0. The standard InChI is InChI=1S/C15H23N3O/c1-11(2)17-15(3,14(16)19)10-18-8-12-6-4-5-7-13(12)9-18/h4-7,11,17H,8-10H2,1-3H3,(H2,16,19). The van der Waals surface area contributed by atoms with Gasteiger partial charge in [0, 0.05) is 25.7 Å². The van der Waals surface area contributed by atoms with Crippen LogP contribution < -0.4 is 11.1 Å². The summed E-state index contributed by atoms with van der Waals surface area (Å²) in [4.78, 5) is 14.0. The lowest BCUT2D eigenvalue weighted by molar-refractivity contribution is -0.125. The van der Waals surface area contributed by atoms with Crippen molar-refractivity contribution in [3.05, 3.63) is 35.4 Å². The van der Waals surface area contributed by atoms with Crippen molar-refractivity contribution in [2.75, 3.05) is 6.54 Å². The molecule has 3 N–H and O–H groups in total. The second kappa shape index (κ2) is 5.31. The lowest BCUT2D eigenvalue weighted by Crippen LogP contribution is -2.60. The number of hydrogen-bond acceptors (Lipinski definition) is 3. The van der Waals surface area contributed by atoms with Gasteiger partial charge in [-0.3, -0.25) is 9.69 Å². The molecule has 1 amide bonds. The molecule has 1 unspecified atom stereocenters. The van der Waals surface area contributed by atoms with E-state index in [1.165, 1.54) is 11.1 Å². The van der Waals surface area contributed by atoms with Gasteiger partial charge in [0.15, 0.2) is 0 Å². The SMILES string of the molecule is CC(C)NC(C)(CN1Cc2ccccc2C1)C(N)=O. The highest BCUT2D eigenvalue weighted by Crippen LogP contribution is 2.24. The Labute approximate surface area is 115 Å². The summed E-state index contributed by atoms with van der Waals surface area (Å²) in [6.45, 7) is 8.35. The van der Waals surface area contributed by atoms with E-state index >= 15 is 0 Å². The Bertz CT molecular complexity index is 447. The Morgan fingerprint density at radius 2 is 1.89 bits per heavy atom. The van der Waals surface area contributed by atoms with E-state index in [-0.39, 0.29) is 11.9 Å². The third-order valence-corrected chi connectivity index (χ3v) is 3.60. The molecule has 0 radical (unpaired) electrons. The van der Waals surface area contributed by atoms with Crippen LogP contribution in [0.5, 0.6) is 0 Å². The van der Waals surface area contributed by atoms with E-state index in [2.05, 4.69) is 34.5 Å². The molecule has 19 heavy (non-hydrogen) atoms. The van der Waals surface area contributed by atoms with Crippen LogP contribution in [-0.4, -0.2) is 28.9 Å². The summed E-state index contributed by atoms with van der Waals surface area (Å²) in [7, 11) is 0. The molecule has 1 aromatic rings. The molecule has 0 aromatic heterocycles. The van der Waals surface area contributed by atoms with Gasteiger partial charge >= 0.3 is 0 Å².